The molecule has 3 rings (SSSR count). The van der Waals surface area contributed by atoms with E-state index >= 15 is 0 Å². The minimum atomic E-state index is -0.700. The van der Waals surface area contributed by atoms with E-state index in [-0.39, 0.29) is 6.42 Å². The molecule has 2 heterocycles. The van der Waals surface area contributed by atoms with Gasteiger partial charge in [0.25, 0.3) is 0 Å². The van der Waals surface area contributed by atoms with E-state index in [0.29, 0.717) is 6.04 Å². The number of fused-ring (bicyclic) bond motifs is 1. The van der Waals surface area contributed by atoms with Crippen LogP contribution in [0, 0.1) is 0 Å². The number of nitrogens with zero attached hydrogens (tertiary/aromatic N) is 1. The van der Waals surface area contributed by atoms with Crippen LogP contribution in [0.4, 0.5) is 0 Å². The first-order chi connectivity index (χ1) is 10.2. The van der Waals surface area contributed by atoms with E-state index in [1.165, 1.54) is 23.8 Å². The number of piperidine rings is 1. The molecule has 0 aliphatic carbocycles. The van der Waals surface area contributed by atoms with Gasteiger partial charge in [-0.05, 0) is 31.9 Å². The van der Waals surface area contributed by atoms with Gasteiger partial charge in [0.2, 0.25) is 0 Å². The average Bonchev–Trinajstić information content (AvgIpc) is 2.90. The van der Waals surface area contributed by atoms with Gasteiger partial charge in [0.05, 0.1) is 6.26 Å². The van der Waals surface area contributed by atoms with Gasteiger partial charge in [-0.3, -0.25) is 9.69 Å². The van der Waals surface area contributed by atoms with E-state index in [0.717, 1.165) is 31.5 Å². The Bertz CT molecular complexity index is 619. The average molecular weight is 287 g/mol. The lowest BCUT2D eigenvalue weighted by Crippen LogP contribution is -2.39. The van der Waals surface area contributed by atoms with Crippen molar-refractivity contribution < 1.29 is 14.3 Å². The predicted molar refractivity (Wildman–Crippen MR) is 81.1 cm³/mol. The van der Waals surface area contributed by atoms with Gasteiger partial charge < -0.3 is 9.52 Å². The third-order valence-electron chi connectivity index (χ3n) is 4.38. The van der Waals surface area contributed by atoms with Gasteiger partial charge in [-0.25, -0.2) is 0 Å². The van der Waals surface area contributed by atoms with Gasteiger partial charge in [0, 0.05) is 30.0 Å². The lowest BCUT2D eigenvalue weighted by molar-refractivity contribution is -0.137. The van der Waals surface area contributed by atoms with Crippen LogP contribution in [0.25, 0.3) is 11.0 Å². The largest absolute Gasteiger partial charge is 0.481 e. The van der Waals surface area contributed by atoms with E-state index < -0.39 is 5.97 Å². The second-order valence-electron chi connectivity index (χ2n) is 5.81. The van der Waals surface area contributed by atoms with E-state index in [2.05, 4.69) is 11.0 Å². The molecule has 0 radical (unpaired) electrons. The van der Waals surface area contributed by atoms with Gasteiger partial charge in [0.1, 0.15) is 5.58 Å². The van der Waals surface area contributed by atoms with Gasteiger partial charge in [-0.15, -0.1) is 0 Å². The number of rotatable bonds is 5. The maximum Gasteiger partial charge on any atom is 0.303 e. The highest BCUT2D eigenvalue weighted by Gasteiger charge is 2.24. The van der Waals surface area contributed by atoms with Gasteiger partial charge >= 0.3 is 5.97 Å². The van der Waals surface area contributed by atoms with Crippen molar-refractivity contribution in [1.29, 1.82) is 0 Å². The Labute approximate surface area is 124 Å². The number of carbonyl (C=O) groups is 1. The zero-order valence-corrected chi connectivity index (χ0v) is 12.1. The fourth-order valence-corrected chi connectivity index (χ4v) is 3.26. The molecular formula is C17H21NO3. The Kier molecular flexibility index (Phi) is 4.25. The highest BCUT2D eigenvalue weighted by atomic mass is 16.4. The summed E-state index contributed by atoms with van der Waals surface area (Å²) in [6.45, 7) is 1.89. The van der Waals surface area contributed by atoms with Gasteiger partial charge in [0.15, 0.2) is 0 Å². The first-order valence-electron chi connectivity index (χ1n) is 7.65. The summed E-state index contributed by atoms with van der Waals surface area (Å²) in [6, 6.07) is 8.45. The zero-order valence-electron chi connectivity index (χ0n) is 12.1. The van der Waals surface area contributed by atoms with Crippen LogP contribution < -0.4 is 0 Å². The number of likely N-dealkylation sites (tertiary alicyclic amines) is 1. The summed E-state index contributed by atoms with van der Waals surface area (Å²) in [5, 5.41) is 10.1. The quantitative estimate of drug-likeness (QED) is 0.912. The fourth-order valence-electron chi connectivity index (χ4n) is 3.26. The third-order valence-corrected chi connectivity index (χ3v) is 4.38. The van der Waals surface area contributed by atoms with Crippen molar-refractivity contribution in [1.82, 2.24) is 4.90 Å². The van der Waals surface area contributed by atoms with Crippen LogP contribution in [0.5, 0.6) is 0 Å². The molecule has 4 heteroatoms. The standard InChI is InChI=1S/C17H21NO3/c19-17(20)9-8-14-5-3-4-10-18(14)11-13-12-21-16-7-2-1-6-15(13)16/h1-2,6-7,12,14H,3-5,8-11H2,(H,19,20). The Morgan fingerprint density at radius 1 is 1.33 bits per heavy atom. The summed E-state index contributed by atoms with van der Waals surface area (Å²) >= 11 is 0. The number of aliphatic carboxylic acids is 1. The molecule has 4 nitrogen and oxygen atoms in total. The Hall–Kier alpha value is -1.81. The Morgan fingerprint density at radius 2 is 2.19 bits per heavy atom. The molecule has 0 saturated carbocycles. The van der Waals surface area contributed by atoms with Crippen molar-refractivity contribution in [2.45, 2.75) is 44.7 Å². The van der Waals surface area contributed by atoms with Crippen molar-refractivity contribution in [3.8, 4) is 0 Å². The molecule has 1 atom stereocenters. The Morgan fingerprint density at radius 3 is 3.05 bits per heavy atom. The van der Waals surface area contributed by atoms with E-state index in [1.54, 1.807) is 0 Å². The number of furan rings is 1. The molecule has 112 valence electrons. The van der Waals surface area contributed by atoms with Crippen LogP contribution in [0.15, 0.2) is 34.9 Å². The minimum Gasteiger partial charge on any atom is -0.481 e. The van der Waals surface area contributed by atoms with E-state index in [9.17, 15) is 4.79 Å². The minimum absolute atomic E-state index is 0.257. The molecule has 2 aromatic rings. The molecule has 1 unspecified atom stereocenters. The molecule has 1 aromatic carbocycles. The zero-order chi connectivity index (χ0) is 14.7. The summed E-state index contributed by atoms with van der Waals surface area (Å²) in [6.07, 6.45) is 6.33. The molecular weight excluding hydrogens is 266 g/mol. The van der Waals surface area contributed by atoms with Gasteiger partial charge in [-0.2, -0.15) is 0 Å². The number of hydrogen-bond acceptors (Lipinski definition) is 3. The summed E-state index contributed by atoms with van der Waals surface area (Å²) in [5.41, 5.74) is 2.12. The number of benzene rings is 1. The molecule has 0 bridgehead atoms. The molecule has 1 saturated heterocycles. The highest BCUT2D eigenvalue weighted by molar-refractivity contribution is 5.80. The number of carboxylic acids is 1. The Balaban J connectivity index is 1.73. The lowest BCUT2D eigenvalue weighted by atomic mass is 9.97. The normalized spacial score (nSPS) is 19.9. The summed E-state index contributed by atoms with van der Waals surface area (Å²) in [4.78, 5) is 13.2. The highest BCUT2D eigenvalue weighted by Crippen LogP contribution is 2.27. The van der Waals surface area contributed by atoms with Crippen molar-refractivity contribution >= 4 is 16.9 Å². The monoisotopic (exact) mass is 287 g/mol. The summed E-state index contributed by atoms with van der Waals surface area (Å²) in [7, 11) is 0. The van der Waals surface area contributed by atoms with Crippen LogP contribution >= 0.6 is 0 Å². The smallest absolute Gasteiger partial charge is 0.303 e. The predicted octanol–water partition coefficient (Wildman–Crippen LogP) is 3.65. The third kappa shape index (κ3) is 3.27. The lowest BCUT2D eigenvalue weighted by Gasteiger charge is -2.35. The topological polar surface area (TPSA) is 53.7 Å². The molecule has 1 aromatic heterocycles. The SMILES string of the molecule is O=C(O)CCC1CCCCN1Cc1coc2ccccc12. The second-order valence-corrected chi connectivity index (χ2v) is 5.81. The summed E-state index contributed by atoms with van der Waals surface area (Å²) in [5.74, 6) is -0.700. The van der Waals surface area contributed by atoms with Crippen LogP contribution in [0.3, 0.4) is 0 Å². The first-order valence-corrected chi connectivity index (χ1v) is 7.65. The summed E-state index contributed by atoms with van der Waals surface area (Å²) < 4.78 is 5.60. The van der Waals surface area contributed by atoms with Crippen LogP contribution in [-0.2, 0) is 11.3 Å². The van der Waals surface area contributed by atoms with Crippen LogP contribution in [0.1, 0.15) is 37.7 Å². The van der Waals surface area contributed by atoms with E-state index in [4.69, 9.17) is 9.52 Å². The molecule has 21 heavy (non-hydrogen) atoms. The van der Waals surface area contributed by atoms with Crippen molar-refractivity contribution in [3.05, 3.63) is 36.1 Å². The molecule has 1 aliphatic heterocycles. The maximum absolute atomic E-state index is 10.8. The first kappa shape index (κ1) is 14.1. The fraction of sp³-hybridized carbons (Fsp3) is 0.471. The van der Waals surface area contributed by atoms with Gasteiger partial charge in [-0.1, -0.05) is 24.6 Å². The second kappa shape index (κ2) is 6.31. The van der Waals surface area contributed by atoms with Crippen molar-refractivity contribution in [2.24, 2.45) is 0 Å². The number of carboxylic acid groups (broad SMARTS) is 1. The molecule has 1 fully saturated rings. The molecule has 1 N–H and O–H groups in total. The van der Waals surface area contributed by atoms with Crippen molar-refractivity contribution in [2.75, 3.05) is 6.54 Å². The molecule has 0 spiro atoms. The van der Waals surface area contributed by atoms with Crippen LogP contribution in [0.2, 0.25) is 0 Å². The number of hydrogen-bond donors (Lipinski definition) is 1. The molecule has 1 aliphatic rings. The maximum atomic E-state index is 10.8. The van der Waals surface area contributed by atoms with E-state index in [1.807, 2.05) is 24.5 Å². The number of para-hydroxylation sites is 1. The molecule has 0 amide bonds. The van der Waals surface area contributed by atoms with Crippen LogP contribution in [-0.4, -0.2) is 28.6 Å². The van der Waals surface area contributed by atoms with Crippen molar-refractivity contribution in [3.63, 3.8) is 0 Å².